The van der Waals surface area contributed by atoms with E-state index in [0.29, 0.717) is 11.4 Å². The molecule has 31 heavy (non-hydrogen) atoms. The van der Waals surface area contributed by atoms with Gasteiger partial charge in [-0.05, 0) is 48.2 Å². The normalized spacial score (nSPS) is 15.8. The Morgan fingerprint density at radius 3 is 2.42 bits per heavy atom. The van der Waals surface area contributed by atoms with Crippen LogP contribution >= 0.6 is 11.6 Å². The number of benzene rings is 2. The summed E-state index contributed by atoms with van der Waals surface area (Å²) in [4.78, 5) is 27.5. The van der Waals surface area contributed by atoms with Crippen LogP contribution in [0.2, 0.25) is 5.02 Å². The van der Waals surface area contributed by atoms with Gasteiger partial charge in [-0.15, -0.1) is 0 Å². The van der Waals surface area contributed by atoms with Crippen molar-refractivity contribution in [2.24, 2.45) is 0 Å². The molecule has 2 aromatic carbocycles. The van der Waals surface area contributed by atoms with E-state index in [1.54, 1.807) is 30.6 Å². The largest absolute Gasteiger partial charge is 0.450 e. The summed E-state index contributed by atoms with van der Waals surface area (Å²) >= 11 is 6.41. The second-order valence-corrected chi connectivity index (χ2v) is 7.32. The summed E-state index contributed by atoms with van der Waals surface area (Å²) in [6.07, 6.45) is 2.31. The fourth-order valence-electron chi connectivity index (χ4n) is 3.21. The first kappa shape index (κ1) is 20.8. The molecule has 1 N–H and O–H groups in total. The van der Waals surface area contributed by atoms with Gasteiger partial charge in [-0.2, -0.15) is 0 Å². The average molecular weight is 440 g/mol. The third kappa shape index (κ3) is 4.52. The zero-order chi connectivity index (χ0) is 21.8. The smallest absolute Gasteiger partial charge is 0.418 e. The van der Waals surface area contributed by atoms with Gasteiger partial charge in [-0.3, -0.25) is 4.98 Å². The molecule has 7 nitrogen and oxygen atoms in total. The number of aliphatic hydroxyl groups is 1. The first-order valence-electron chi connectivity index (χ1n) is 9.54. The van der Waals surface area contributed by atoms with Crippen LogP contribution in [-0.4, -0.2) is 34.1 Å². The fraction of sp³-hybridized carbons (Fsp3) is 0.174. The fourth-order valence-corrected chi connectivity index (χ4v) is 3.49. The van der Waals surface area contributed by atoms with Crippen molar-refractivity contribution in [1.82, 2.24) is 4.98 Å². The number of cyclic esters (lactones) is 2. The van der Waals surface area contributed by atoms with Crippen molar-refractivity contribution in [3.8, 4) is 16.9 Å². The Balaban J connectivity index is 1.56. The number of halogens is 1. The third-order valence-corrected chi connectivity index (χ3v) is 5.07. The van der Waals surface area contributed by atoms with Gasteiger partial charge in [0.25, 0.3) is 0 Å². The second-order valence-electron chi connectivity index (χ2n) is 6.91. The summed E-state index contributed by atoms with van der Waals surface area (Å²) in [5, 5.41) is 11.1. The Kier molecular flexibility index (Phi) is 5.88. The molecule has 0 spiro atoms. The lowest BCUT2D eigenvalue weighted by atomic mass is 10.1. The Morgan fingerprint density at radius 1 is 1.03 bits per heavy atom. The molecule has 4 rings (SSSR count). The molecule has 158 valence electrons. The molecule has 1 atom stereocenters. The Hall–Kier alpha value is -3.42. The molecule has 1 aliphatic heterocycles. The van der Waals surface area contributed by atoms with Gasteiger partial charge < -0.3 is 19.3 Å². The van der Waals surface area contributed by atoms with E-state index in [-0.39, 0.29) is 12.2 Å². The number of carbonyl (C=O) groups excluding carboxylic acids is 2. The Morgan fingerprint density at radius 2 is 1.77 bits per heavy atom. The van der Waals surface area contributed by atoms with Crippen molar-refractivity contribution in [3.05, 3.63) is 83.6 Å². The first-order chi connectivity index (χ1) is 15.0. The van der Waals surface area contributed by atoms with Gasteiger partial charge in [0, 0.05) is 18.0 Å². The minimum absolute atomic E-state index is 0.0854. The van der Waals surface area contributed by atoms with Crippen LogP contribution in [0.15, 0.2) is 73.1 Å². The van der Waals surface area contributed by atoms with Gasteiger partial charge >= 0.3 is 17.9 Å². The van der Waals surface area contributed by atoms with E-state index >= 15 is 0 Å². The minimum Gasteiger partial charge on any atom is -0.418 e. The number of ether oxygens (including phenoxy) is 3. The monoisotopic (exact) mass is 439 g/mol. The zero-order valence-corrected chi connectivity index (χ0v) is 17.0. The number of aliphatic hydroxyl groups excluding tert-OH is 1. The lowest BCUT2D eigenvalue weighted by molar-refractivity contribution is -0.318. The second kappa shape index (κ2) is 8.75. The molecule has 1 aromatic heterocycles. The molecule has 0 amide bonds. The number of hydrogen-bond acceptors (Lipinski definition) is 7. The Bertz CT molecular complexity index is 1070. The highest BCUT2D eigenvalue weighted by Crippen LogP contribution is 2.35. The number of rotatable bonds is 7. The minimum atomic E-state index is -2.30. The number of aromatic nitrogens is 1. The molecule has 1 saturated heterocycles. The summed E-state index contributed by atoms with van der Waals surface area (Å²) in [6, 6.07) is 17.9. The van der Waals surface area contributed by atoms with E-state index in [2.05, 4.69) is 4.98 Å². The SMILES string of the molecule is O=C1OC(Oc2ccc(-c3ccccc3)c(Cl)c2)([C@H](O)CCc2cccnc2)OC1=O. The standard InChI is InChI=1S/C23H18ClNO6/c24-19-13-17(9-10-18(19)16-6-2-1-3-7-16)29-23(30-21(27)22(28)31-23)20(26)11-8-15-5-4-12-25-14-15/h1-7,9-10,12-14,20,26H,8,11H2/t20-/m1/s1. The number of aryl methyl sites for hydroxylation is 1. The van der Waals surface area contributed by atoms with Gasteiger partial charge in [0.15, 0.2) is 6.10 Å². The summed E-state index contributed by atoms with van der Waals surface area (Å²) in [7, 11) is 0. The highest BCUT2D eigenvalue weighted by Gasteiger charge is 2.57. The predicted octanol–water partition coefficient (Wildman–Crippen LogP) is 3.53. The quantitative estimate of drug-likeness (QED) is 0.444. The van der Waals surface area contributed by atoms with Crippen molar-refractivity contribution >= 4 is 23.5 Å². The van der Waals surface area contributed by atoms with E-state index in [1.165, 1.54) is 6.07 Å². The van der Waals surface area contributed by atoms with Gasteiger partial charge in [0.1, 0.15) is 5.75 Å². The molecule has 1 fully saturated rings. The number of nitrogens with zero attached hydrogens (tertiary/aromatic N) is 1. The molecule has 0 aliphatic carbocycles. The summed E-state index contributed by atoms with van der Waals surface area (Å²) in [5.41, 5.74) is 2.52. The topological polar surface area (TPSA) is 95.0 Å². The van der Waals surface area contributed by atoms with Gasteiger partial charge in [0.2, 0.25) is 0 Å². The van der Waals surface area contributed by atoms with Crippen molar-refractivity contribution in [2.45, 2.75) is 24.9 Å². The molecule has 0 saturated carbocycles. The van der Waals surface area contributed by atoms with Crippen LogP contribution in [-0.2, 0) is 25.5 Å². The van der Waals surface area contributed by atoms with Crippen molar-refractivity contribution < 1.29 is 28.9 Å². The van der Waals surface area contributed by atoms with Gasteiger partial charge in [0.05, 0.1) is 5.02 Å². The van der Waals surface area contributed by atoms with Crippen LogP contribution < -0.4 is 4.74 Å². The van der Waals surface area contributed by atoms with E-state index < -0.39 is 24.0 Å². The van der Waals surface area contributed by atoms with E-state index in [0.717, 1.165) is 16.7 Å². The van der Waals surface area contributed by atoms with Crippen LogP contribution in [0.1, 0.15) is 12.0 Å². The maximum atomic E-state index is 11.7. The van der Waals surface area contributed by atoms with E-state index in [9.17, 15) is 14.7 Å². The van der Waals surface area contributed by atoms with E-state index in [1.807, 2.05) is 36.4 Å². The Labute approximate surface area is 183 Å². The summed E-state index contributed by atoms with van der Waals surface area (Å²) < 4.78 is 15.7. The zero-order valence-electron chi connectivity index (χ0n) is 16.2. The molecule has 2 heterocycles. The first-order valence-corrected chi connectivity index (χ1v) is 9.92. The van der Waals surface area contributed by atoms with Crippen molar-refractivity contribution in [3.63, 3.8) is 0 Å². The number of esters is 2. The van der Waals surface area contributed by atoms with Gasteiger partial charge in [-0.1, -0.05) is 48.0 Å². The average Bonchev–Trinajstić information content (AvgIpc) is 3.07. The molecule has 0 bridgehead atoms. The maximum absolute atomic E-state index is 11.7. The van der Waals surface area contributed by atoms with Crippen LogP contribution in [0, 0.1) is 0 Å². The number of carbonyl (C=O) groups is 2. The highest BCUT2D eigenvalue weighted by atomic mass is 35.5. The van der Waals surface area contributed by atoms with Crippen LogP contribution in [0.4, 0.5) is 0 Å². The van der Waals surface area contributed by atoms with E-state index in [4.69, 9.17) is 25.8 Å². The number of pyridine rings is 1. The van der Waals surface area contributed by atoms with Crippen molar-refractivity contribution in [1.29, 1.82) is 0 Å². The van der Waals surface area contributed by atoms with Gasteiger partial charge in [-0.25, -0.2) is 9.59 Å². The van der Waals surface area contributed by atoms with Crippen molar-refractivity contribution in [2.75, 3.05) is 0 Å². The van der Waals surface area contributed by atoms with Crippen LogP contribution in [0.3, 0.4) is 0 Å². The lowest BCUT2D eigenvalue weighted by Gasteiger charge is -2.30. The third-order valence-electron chi connectivity index (χ3n) is 4.76. The maximum Gasteiger partial charge on any atom is 0.450 e. The molecule has 3 aromatic rings. The molecular formula is C23H18ClNO6. The lowest BCUT2D eigenvalue weighted by Crippen LogP contribution is -2.49. The van der Waals surface area contributed by atoms with Crippen LogP contribution in [0.5, 0.6) is 5.75 Å². The molecule has 1 aliphatic rings. The molecule has 0 unspecified atom stereocenters. The molecule has 8 heteroatoms. The van der Waals surface area contributed by atoms with Crippen LogP contribution in [0.25, 0.3) is 11.1 Å². The number of hydrogen-bond donors (Lipinski definition) is 1. The summed E-state index contributed by atoms with van der Waals surface area (Å²) in [6.45, 7) is 0. The molecule has 0 radical (unpaired) electrons. The summed E-state index contributed by atoms with van der Waals surface area (Å²) in [5.74, 6) is -4.62. The highest BCUT2D eigenvalue weighted by molar-refractivity contribution is 6.33. The predicted molar refractivity (Wildman–Crippen MR) is 111 cm³/mol. The molecular weight excluding hydrogens is 422 g/mol.